The Bertz CT molecular complexity index is 886. The minimum absolute atomic E-state index is 0.215. The van der Waals surface area contributed by atoms with Gasteiger partial charge in [0.2, 0.25) is 5.91 Å². The van der Waals surface area contributed by atoms with Crippen LogP contribution >= 0.6 is 23.2 Å². The van der Waals surface area contributed by atoms with Crippen LogP contribution in [-0.4, -0.2) is 36.4 Å². The SMILES string of the molecule is COc1ccc(Cl)cc1C(=O)N1CCC[C@@H]1C(=O)Nc1ccc(Cl)cc1C. The fourth-order valence-corrected chi connectivity index (χ4v) is 3.67. The average molecular weight is 407 g/mol. The van der Waals surface area contributed by atoms with Gasteiger partial charge in [-0.3, -0.25) is 9.59 Å². The lowest BCUT2D eigenvalue weighted by Gasteiger charge is -2.25. The molecule has 0 bridgehead atoms. The maximum Gasteiger partial charge on any atom is 0.258 e. The van der Waals surface area contributed by atoms with Crippen molar-refractivity contribution in [1.29, 1.82) is 0 Å². The molecular formula is C20H20Cl2N2O3. The molecule has 2 aromatic carbocycles. The van der Waals surface area contributed by atoms with E-state index < -0.39 is 6.04 Å². The summed E-state index contributed by atoms with van der Waals surface area (Å²) in [5.74, 6) is -0.0453. The largest absolute Gasteiger partial charge is 0.496 e. The van der Waals surface area contributed by atoms with Crippen molar-refractivity contribution in [2.45, 2.75) is 25.8 Å². The van der Waals surface area contributed by atoms with E-state index in [0.717, 1.165) is 12.0 Å². The minimum atomic E-state index is -0.545. The van der Waals surface area contributed by atoms with Crippen LogP contribution in [0.3, 0.4) is 0 Å². The molecule has 27 heavy (non-hydrogen) atoms. The quantitative estimate of drug-likeness (QED) is 0.809. The van der Waals surface area contributed by atoms with Gasteiger partial charge in [0.25, 0.3) is 5.91 Å². The van der Waals surface area contributed by atoms with Crippen molar-refractivity contribution in [3.05, 3.63) is 57.6 Å². The third-order valence-corrected chi connectivity index (χ3v) is 5.12. The third kappa shape index (κ3) is 4.20. The van der Waals surface area contributed by atoms with Gasteiger partial charge in [0.15, 0.2) is 0 Å². The zero-order valence-corrected chi connectivity index (χ0v) is 16.6. The van der Waals surface area contributed by atoms with Crippen molar-refractivity contribution in [3.8, 4) is 5.75 Å². The molecule has 1 atom stereocenters. The predicted octanol–water partition coefficient (Wildman–Crippen LogP) is 4.55. The molecule has 1 heterocycles. The summed E-state index contributed by atoms with van der Waals surface area (Å²) >= 11 is 12.0. The second-order valence-electron chi connectivity index (χ2n) is 6.45. The number of anilines is 1. The van der Waals surface area contributed by atoms with Crippen LogP contribution in [0.4, 0.5) is 5.69 Å². The Balaban J connectivity index is 1.81. The van der Waals surface area contributed by atoms with Crippen LogP contribution in [0.15, 0.2) is 36.4 Å². The van der Waals surface area contributed by atoms with Crippen LogP contribution in [0.5, 0.6) is 5.75 Å². The normalized spacial score (nSPS) is 16.3. The Morgan fingerprint density at radius 2 is 1.85 bits per heavy atom. The van der Waals surface area contributed by atoms with Gasteiger partial charge in [0, 0.05) is 22.3 Å². The summed E-state index contributed by atoms with van der Waals surface area (Å²) in [5.41, 5.74) is 1.90. The van der Waals surface area contributed by atoms with E-state index in [9.17, 15) is 9.59 Å². The average Bonchev–Trinajstić information content (AvgIpc) is 3.13. The second kappa shape index (κ2) is 8.19. The van der Waals surface area contributed by atoms with E-state index in [1.807, 2.05) is 6.92 Å². The summed E-state index contributed by atoms with van der Waals surface area (Å²) in [4.78, 5) is 27.4. The summed E-state index contributed by atoms with van der Waals surface area (Å²) in [5, 5.41) is 3.96. The number of hydrogen-bond donors (Lipinski definition) is 1. The molecule has 1 aliphatic rings. The summed E-state index contributed by atoms with van der Waals surface area (Å²) in [6.07, 6.45) is 1.36. The van der Waals surface area contributed by atoms with Crippen LogP contribution in [0, 0.1) is 6.92 Å². The van der Waals surface area contributed by atoms with Crippen molar-refractivity contribution < 1.29 is 14.3 Å². The number of methoxy groups -OCH3 is 1. The Hall–Kier alpha value is -2.24. The molecule has 1 fully saturated rings. The number of carbonyl (C=O) groups is 2. The van der Waals surface area contributed by atoms with Crippen molar-refractivity contribution >= 4 is 40.7 Å². The molecule has 142 valence electrons. The van der Waals surface area contributed by atoms with Gasteiger partial charge in [-0.2, -0.15) is 0 Å². The van der Waals surface area contributed by atoms with E-state index in [2.05, 4.69) is 5.32 Å². The van der Waals surface area contributed by atoms with E-state index in [1.165, 1.54) is 7.11 Å². The van der Waals surface area contributed by atoms with Gasteiger partial charge in [-0.05, 0) is 61.7 Å². The number of halogens is 2. The molecule has 1 N–H and O–H groups in total. The Kier molecular flexibility index (Phi) is 5.92. The highest BCUT2D eigenvalue weighted by Crippen LogP contribution is 2.28. The van der Waals surface area contributed by atoms with Gasteiger partial charge in [-0.15, -0.1) is 0 Å². The van der Waals surface area contributed by atoms with Crippen molar-refractivity contribution in [2.24, 2.45) is 0 Å². The number of carbonyl (C=O) groups excluding carboxylic acids is 2. The molecule has 1 aliphatic heterocycles. The fraction of sp³-hybridized carbons (Fsp3) is 0.300. The zero-order chi connectivity index (χ0) is 19.6. The molecule has 2 amide bonds. The Morgan fingerprint density at radius 3 is 2.56 bits per heavy atom. The number of aryl methyl sites for hydroxylation is 1. The highest BCUT2D eigenvalue weighted by Gasteiger charge is 2.35. The molecule has 0 radical (unpaired) electrons. The first-order valence-electron chi connectivity index (χ1n) is 8.62. The van der Waals surface area contributed by atoms with Crippen molar-refractivity contribution in [2.75, 3.05) is 19.0 Å². The molecule has 0 saturated carbocycles. The topological polar surface area (TPSA) is 58.6 Å². The Labute approximate surface area is 168 Å². The standard InChI is InChI=1S/C20H20Cl2N2O3/c1-12-10-13(21)5-7-16(12)23-19(25)17-4-3-9-24(17)20(26)15-11-14(22)6-8-18(15)27-2/h5-8,10-11,17H,3-4,9H2,1-2H3,(H,23,25)/t17-/m1/s1. The van der Waals surface area contributed by atoms with Crippen LogP contribution < -0.4 is 10.1 Å². The zero-order valence-electron chi connectivity index (χ0n) is 15.1. The smallest absolute Gasteiger partial charge is 0.258 e. The van der Waals surface area contributed by atoms with E-state index in [0.29, 0.717) is 40.0 Å². The molecule has 0 aromatic heterocycles. The first-order chi connectivity index (χ1) is 12.9. The summed E-state index contributed by atoms with van der Waals surface area (Å²) in [6.45, 7) is 2.38. The first kappa shape index (κ1) is 19.5. The first-order valence-corrected chi connectivity index (χ1v) is 9.38. The molecule has 0 unspecified atom stereocenters. The second-order valence-corrected chi connectivity index (χ2v) is 7.32. The van der Waals surface area contributed by atoms with Gasteiger partial charge in [-0.25, -0.2) is 0 Å². The maximum atomic E-state index is 13.0. The number of rotatable bonds is 4. The number of ether oxygens (including phenoxy) is 1. The molecule has 0 spiro atoms. The maximum absolute atomic E-state index is 13.0. The number of amides is 2. The van der Waals surface area contributed by atoms with E-state index in [-0.39, 0.29) is 11.8 Å². The molecule has 2 aromatic rings. The lowest BCUT2D eigenvalue weighted by atomic mass is 10.1. The van der Waals surface area contributed by atoms with Gasteiger partial charge in [0.05, 0.1) is 12.7 Å². The number of nitrogens with one attached hydrogen (secondary N) is 1. The van der Waals surface area contributed by atoms with Crippen LogP contribution in [0.2, 0.25) is 10.0 Å². The highest BCUT2D eigenvalue weighted by molar-refractivity contribution is 6.31. The predicted molar refractivity (Wildman–Crippen MR) is 107 cm³/mol. The molecule has 0 aliphatic carbocycles. The van der Waals surface area contributed by atoms with Crippen LogP contribution in [0.25, 0.3) is 0 Å². The number of benzene rings is 2. The number of hydrogen-bond acceptors (Lipinski definition) is 3. The summed E-state index contributed by atoms with van der Waals surface area (Å²) in [7, 11) is 1.50. The number of nitrogens with zero attached hydrogens (tertiary/aromatic N) is 1. The lowest BCUT2D eigenvalue weighted by Crippen LogP contribution is -2.43. The molecule has 5 nitrogen and oxygen atoms in total. The van der Waals surface area contributed by atoms with Gasteiger partial charge in [0.1, 0.15) is 11.8 Å². The summed E-state index contributed by atoms with van der Waals surface area (Å²) in [6, 6.07) is 9.60. The monoisotopic (exact) mass is 406 g/mol. The molecule has 3 rings (SSSR count). The van der Waals surface area contributed by atoms with Gasteiger partial charge >= 0.3 is 0 Å². The van der Waals surface area contributed by atoms with Gasteiger partial charge < -0.3 is 15.0 Å². The van der Waals surface area contributed by atoms with Gasteiger partial charge in [-0.1, -0.05) is 23.2 Å². The highest BCUT2D eigenvalue weighted by atomic mass is 35.5. The fourth-order valence-electron chi connectivity index (χ4n) is 3.27. The van der Waals surface area contributed by atoms with E-state index in [4.69, 9.17) is 27.9 Å². The number of likely N-dealkylation sites (tertiary alicyclic amines) is 1. The van der Waals surface area contributed by atoms with Crippen LogP contribution in [-0.2, 0) is 4.79 Å². The summed E-state index contributed by atoms with van der Waals surface area (Å²) < 4.78 is 5.28. The van der Waals surface area contributed by atoms with E-state index in [1.54, 1.807) is 41.3 Å². The Morgan fingerprint density at radius 1 is 1.15 bits per heavy atom. The molecular weight excluding hydrogens is 387 g/mol. The molecule has 1 saturated heterocycles. The van der Waals surface area contributed by atoms with E-state index >= 15 is 0 Å². The lowest BCUT2D eigenvalue weighted by molar-refractivity contribution is -0.119. The third-order valence-electron chi connectivity index (χ3n) is 4.65. The molecule has 7 heteroatoms. The van der Waals surface area contributed by atoms with Crippen LogP contribution in [0.1, 0.15) is 28.8 Å². The van der Waals surface area contributed by atoms with Crippen molar-refractivity contribution in [1.82, 2.24) is 4.90 Å². The van der Waals surface area contributed by atoms with Crippen molar-refractivity contribution in [3.63, 3.8) is 0 Å². The minimum Gasteiger partial charge on any atom is -0.496 e.